The smallest absolute Gasteiger partial charge is 0.127 e. The predicted molar refractivity (Wildman–Crippen MR) is 74.5 cm³/mol. The Hall–Kier alpha value is -1.60. The monoisotopic (exact) mass is 261 g/mol. The molecule has 19 heavy (non-hydrogen) atoms. The molecule has 0 unspecified atom stereocenters. The fourth-order valence-corrected chi connectivity index (χ4v) is 2.60. The van der Waals surface area contributed by atoms with Gasteiger partial charge >= 0.3 is 0 Å². The van der Waals surface area contributed by atoms with Gasteiger partial charge in [0.15, 0.2) is 0 Å². The fourth-order valence-electron chi connectivity index (χ4n) is 2.60. The number of piperidine rings is 1. The van der Waals surface area contributed by atoms with Crippen LogP contribution in [-0.2, 0) is 0 Å². The van der Waals surface area contributed by atoms with Crippen LogP contribution in [0.1, 0.15) is 25.3 Å². The lowest BCUT2D eigenvalue weighted by atomic mass is 9.88. The van der Waals surface area contributed by atoms with Crippen molar-refractivity contribution < 1.29 is 4.39 Å². The van der Waals surface area contributed by atoms with Gasteiger partial charge in [-0.3, -0.25) is 0 Å². The van der Waals surface area contributed by atoms with E-state index < -0.39 is 5.54 Å². The molecule has 0 radical (unpaired) electrons. The maximum Gasteiger partial charge on any atom is 0.127 e. The Balaban J connectivity index is 2.13. The second-order valence-corrected chi connectivity index (χ2v) is 5.27. The van der Waals surface area contributed by atoms with E-state index in [1.54, 1.807) is 0 Å². The van der Waals surface area contributed by atoms with E-state index in [2.05, 4.69) is 23.2 Å². The number of halogens is 1. The van der Waals surface area contributed by atoms with Crippen molar-refractivity contribution in [2.24, 2.45) is 0 Å². The van der Waals surface area contributed by atoms with Gasteiger partial charge in [0.2, 0.25) is 0 Å². The number of hydrogen-bond acceptors (Lipinski definition) is 3. The quantitative estimate of drug-likeness (QED) is 0.909. The molecule has 2 rings (SSSR count). The van der Waals surface area contributed by atoms with E-state index in [4.69, 9.17) is 0 Å². The minimum atomic E-state index is -0.564. The molecule has 3 nitrogen and oxygen atoms in total. The number of aryl methyl sites for hydroxylation is 1. The topological polar surface area (TPSA) is 39.1 Å². The van der Waals surface area contributed by atoms with Gasteiger partial charge in [-0.25, -0.2) is 4.39 Å². The molecule has 1 aromatic rings. The molecule has 1 heterocycles. The summed E-state index contributed by atoms with van der Waals surface area (Å²) >= 11 is 0. The summed E-state index contributed by atoms with van der Waals surface area (Å²) in [7, 11) is 0. The highest BCUT2D eigenvalue weighted by atomic mass is 19.1. The standard InChI is InChI=1S/C15H20FN3/c1-3-19-6-4-15(11-17,5-7-19)18-14-9-12(2)8-13(16)10-14/h8-10,18H,3-7H2,1-2H3. The molecule has 1 N–H and O–H groups in total. The molecule has 102 valence electrons. The van der Waals surface area contributed by atoms with E-state index in [1.807, 2.05) is 13.0 Å². The molecule has 0 bridgehead atoms. The lowest BCUT2D eigenvalue weighted by Crippen LogP contribution is -2.48. The third-order valence-electron chi connectivity index (χ3n) is 3.80. The molecule has 0 aromatic heterocycles. The van der Waals surface area contributed by atoms with Gasteiger partial charge in [-0.15, -0.1) is 0 Å². The van der Waals surface area contributed by atoms with Crippen LogP contribution in [0.3, 0.4) is 0 Å². The molecule has 1 fully saturated rings. The average molecular weight is 261 g/mol. The largest absolute Gasteiger partial charge is 0.367 e. The molecular weight excluding hydrogens is 241 g/mol. The number of nitrogens with one attached hydrogen (secondary N) is 1. The lowest BCUT2D eigenvalue weighted by Gasteiger charge is -2.38. The molecule has 4 heteroatoms. The molecule has 0 amide bonds. The summed E-state index contributed by atoms with van der Waals surface area (Å²) in [6.45, 7) is 6.81. The number of nitriles is 1. The van der Waals surface area contributed by atoms with Gasteiger partial charge in [-0.2, -0.15) is 5.26 Å². The third-order valence-corrected chi connectivity index (χ3v) is 3.80. The van der Waals surface area contributed by atoms with Gasteiger partial charge in [0, 0.05) is 18.8 Å². The zero-order valence-corrected chi connectivity index (χ0v) is 11.5. The van der Waals surface area contributed by atoms with Crippen LogP contribution >= 0.6 is 0 Å². The van der Waals surface area contributed by atoms with Crippen molar-refractivity contribution in [3.8, 4) is 6.07 Å². The molecule has 0 atom stereocenters. The van der Waals surface area contributed by atoms with Crippen molar-refractivity contribution in [1.82, 2.24) is 4.90 Å². The number of likely N-dealkylation sites (tertiary alicyclic amines) is 1. The number of benzene rings is 1. The van der Waals surface area contributed by atoms with Gasteiger partial charge in [0.1, 0.15) is 11.4 Å². The van der Waals surface area contributed by atoms with E-state index in [0.29, 0.717) is 5.69 Å². The second-order valence-electron chi connectivity index (χ2n) is 5.27. The zero-order chi connectivity index (χ0) is 13.9. The second kappa shape index (κ2) is 5.58. The summed E-state index contributed by atoms with van der Waals surface area (Å²) in [6, 6.07) is 7.22. The van der Waals surface area contributed by atoms with Crippen LogP contribution in [0.15, 0.2) is 18.2 Å². The van der Waals surface area contributed by atoms with Crippen molar-refractivity contribution in [3.63, 3.8) is 0 Å². The van der Waals surface area contributed by atoms with Gasteiger partial charge in [0.05, 0.1) is 6.07 Å². The minimum Gasteiger partial charge on any atom is -0.367 e. The van der Waals surface area contributed by atoms with Crippen molar-refractivity contribution in [3.05, 3.63) is 29.6 Å². The molecule has 1 aliphatic rings. The van der Waals surface area contributed by atoms with Crippen molar-refractivity contribution in [2.75, 3.05) is 25.0 Å². The highest BCUT2D eigenvalue weighted by molar-refractivity contribution is 5.50. The predicted octanol–water partition coefficient (Wildman–Crippen LogP) is 2.92. The number of nitrogens with zero attached hydrogens (tertiary/aromatic N) is 2. The normalized spacial score (nSPS) is 18.8. The van der Waals surface area contributed by atoms with Crippen molar-refractivity contribution in [1.29, 1.82) is 5.26 Å². The van der Waals surface area contributed by atoms with Crippen LogP contribution in [0.5, 0.6) is 0 Å². The Morgan fingerprint density at radius 2 is 2.05 bits per heavy atom. The van der Waals surface area contributed by atoms with E-state index in [0.717, 1.165) is 38.0 Å². The molecular formula is C15H20FN3. The van der Waals surface area contributed by atoms with Crippen molar-refractivity contribution in [2.45, 2.75) is 32.2 Å². The van der Waals surface area contributed by atoms with Crippen LogP contribution in [0, 0.1) is 24.1 Å². The molecule has 0 saturated carbocycles. The van der Waals surface area contributed by atoms with Crippen LogP contribution in [-0.4, -0.2) is 30.1 Å². The number of anilines is 1. The molecule has 1 saturated heterocycles. The summed E-state index contributed by atoms with van der Waals surface area (Å²) in [5.41, 5.74) is 0.997. The number of hydrogen-bond donors (Lipinski definition) is 1. The SMILES string of the molecule is CCN1CCC(C#N)(Nc2cc(C)cc(F)c2)CC1. The van der Waals surface area contributed by atoms with Crippen LogP contribution in [0.4, 0.5) is 10.1 Å². The highest BCUT2D eigenvalue weighted by Gasteiger charge is 2.34. The number of rotatable bonds is 3. The van der Waals surface area contributed by atoms with Crippen LogP contribution < -0.4 is 5.32 Å². The van der Waals surface area contributed by atoms with Gasteiger partial charge in [-0.1, -0.05) is 6.92 Å². The summed E-state index contributed by atoms with van der Waals surface area (Å²) in [5.74, 6) is -0.262. The van der Waals surface area contributed by atoms with Crippen LogP contribution in [0.2, 0.25) is 0 Å². The maximum atomic E-state index is 13.4. The highest BCUT2D eigenvalue weighted by Crippen LogP contribution is 2.27. The first-order valence-corrected chi connectivity index (χ1v) is 6.76. The lowest BCUT2D eigenvalue weighted by molar-refractivity contribution is 0.206. The minimum absolute atomic E-state index is 0.262. The Labute approximate surface area is 114 Å². The van der Waals surface area contributed by atoms with E-state index in [9.17, 15) is 9.65 Å². The molecule has 0 spiro atoms. The summed E-state index contributed by atoms with van der Waals surface area (Å²) in [4.78, 5) is 2.33. The Bertz CT molecular complexity index is 464. The molecule has 1 aromatic carbocycles. The summed E-state index contributed by atoms with van der Waals surface area (Å²) in [5, 5.41) is 12.7. The molecule has 0 aliphatic carbocycles. The van der Waals surface area contributed by atoms with Crippen molar-refractivity contribution >= 4 is 5.69 Å². The first-order chi connectivity index (χ1) is 9.07. The fraction of sp³-hybridized carbons (Fsp3) is 0.533. The van der Waals surface area contributed by atoms with Gasteiger partial charge < -0.3 is 10.2 Å². The third kappa shape index (κ3) is 3.24. The zero-order valence-electron chi connectivity index (χ0n) is 11.5. The Kier molecular flexibility index (Phi) is 4.06. The maximum absolute atomic E-state index is 13.4. The summed E-state index contributed by atoms with van der Waals surface area (Å²) in [6.07, 6.45) is 1.54. The van der Waals surface area contributed by atoms with E-state index in [1.165, 1.54) is 12.1 Å². The van der Waals surface area contributed by atoms with Gasteiger partial charge in [0.25, 0.3) is 0 Å². The Morgan fingerprint density at radius 1 is 1.37 bits per heavy atom. The van der Waals surface area contributed by atoms with E-state index >= 15 is 0 Å². The molecule has 1 aliphatic heterocycles. The van der Waals surface area contributed by atoms with Crippen LogP contribution in [0.25, 0.3) is 0 Å². The first-order valence-electron chi connectivity index (χ1n) is 6.76. The summed E-state index contributed by atoms with van der Waals surface area (Å²) < 4.78 is 13.4. The average Bonchev–Trinajstić information content (AvgIpc) is 2.38. The van der Waals surface area contributed by atoms with Gasteiger partial charge in [-0.05, 0) is 50.1 Å². The Morgan fingerprint density at radius 3 is 2.58 bits per heavy atom. The first kappa shape index (κ1) is 13.8. The van der Waals surface area contributed by atoms with E-state index in [-0.39, 0.29) is 5.82 Å².